The number of nitriles is 1. The van der Waals surface area contributed by atoms with E-state index in [1.165, 1.54) is 6.07 Å². The van der Waals surface area contributed by atoms with Gasteiger partial charge in [0.1, 0.15) is 16.9 Å². The van der Waals surface area contributed by atoms with Crippen LogP contribution in [-0.4, -0.2) is 19.5 Å². The first-order valence-electron chi connectivity index (χ1n) is 17.6. The van der Waals surface area contributed by atoms with Gasteiger partial charge < -0.3 is 14.4 Å². The van der Waals surface area contributed by atoms with Crippen molar-refractivity contribution >= 4 is 43.9 Å². The third-order valence-electron chi connectivity index (χ3n) is 9.50. The van der Waals surface area contributed by atoms with Crippen LogP contribution < -0.4 is 0 Å². The summed E-state index contributed by atoms with van der Waals surface area (Å²) in [5.74, 6) is 0. The molecule has 6 nitrogen and oxygen atoms in total. The van der Waals surface area contributed by atoms with E-state index in [0.29, 0.717) is 55.5 Å². The summed E-state index contributed by atoms with van der Waals surface area (Å²) in [4.78, 5) is 13.0. The Balaban J connectivity index is 0.000000300. The monoisotopic (exact) mass is 926 g/mol. The second-order valence-corrected chi connectivity index (χ2v) is 12.9. The molecule has 5 aromatic heterocycles. The number of para-hydroxylation sites is 1. The van der Waals surface area contributed by atoms with Crippen molar-refractivity contribution in [2.75, 3.05) is 0 Å². The average molecular weight is 926 g/mol. The largest absolute Gasteiger partial charge is 0.500 e. The van der Waals surface area contributed by atoms with Gasteiger partial charge in [-0.1, -0.05) is 83.7 Å². The normalized spacial score (nSPS) is 11.3. The van der Waals surface area contributed by atoms with Crippen molar-refractivity contribution < 1.29 is 37.7 Å². The van der Waals surface area contributed by atoms with Crippen molar-refractivity contribution in [1.29, 1.82) is 5.26 Å². The molecule has 10 aromatic rings. The second kappa shape index (κ2) is 15.3. The molecule has 0 amide bonds. The van der Waals surface area contributed by atoms with Crippen molar-refractivity contribution in [3.05, 3.63) is 181 Å². The molecule has 0 aliphatic rings. The van der Waals surface area contributed by atoms with E-state index in [9.17, 15) is 18.4 Å². The second-order valence-electron chi connectivity index (χ2n) is 12.9. The molecular formula is C47H26F3IrN5O-2. The maximum atomic E-state index is 13.7. The number of aromatic nitrogens is 4. The van der Waals surface area contributed by atoms with Crippen molar-refractivity contribution in [2.45, 2.75) is 6.18 Å². The summed E-state index contributed by atoms with van der Waals surface area (Å²) in [6.45, 7) is 0. The van der Waals surface area contributed by atoms with Crippen LogP contribution >= 0.6 is 0 Å². The molecule has 10 rings (SSSR count). The quantitative estimate of drug-likeness (QED) is 0.164. The van der Waals surface area contributed by atoms with Crippen LogP contribution in [0.5, 0.6) is 0 Å². The minimum absolute atomic E-state index is 0. The Kier molecular flexibility index (Phi) is 9.95. The van der Waals surface area contributed by atoms with Gasteiger partial charge >= 0.3 is 6.18 Å². The fourth-order valence-corrected chi connectivity index (χ4v) is 6.97. The van der Waals surface area contributed by atoms with Gasteiger partial charge in [-0.05, 0) is 53.3 Å². The smallest absolute Gasteiger partial charge is 0.433 e. The van der Waals surface area contributed by atoms with E-state index in [1.807, 2.05) is 121 Å². The molecule has 0 saturated heterocycles. The Morgan fingerprint density at radius 2 is 1.40 bits per heavy atom. The van der Waals surface area contributed by atoms with Gasteiger partial charge in [-0.2, -0.15) is 18.4 Å². The fourth-order valence-electron chi connectivity index (χ4n) is 6.97. The summed E-state index contributed by atoms with van der Waals surface area (Å²) in [5.41, 5.74) is 6.82. The zero-order chi connectivity index (χ0) is 38.2. The van der Waals surface area contributed by atoms with Crippen molar-refractivity contribution in [1.82, 2.24) is 19.5 Å². The molecule has 10 heteroatoms. The number of alkyl halides is 3. The van der Waals surface area contributed by atoms with Crippen molar-refractivity contribution in [3.63, 3.8) is 0 Å². The van der Waals surface area contributed by atoms with Gasteiger partial charge in [0.2, 0.25) is 0 Å². The standard InChI is InChI=1S/C36H18F3N4O.C11H8N.Ir/c37-36(38,39)31-17-16-26-28-20-41-29(18-30(28)43(35(26)42-31)23-10-5-2-6-11-23)27-13-7-12-24-25-15-14-22(19-40)32(34(25)44-33(24)27)21-8-3-1-4-9-21;1-2-6-10(7-3-1)11-8-4-5-9-12-11;/h1-12,14-18,20H;1-6,8-9H;/q2*-1;. The Morgan fingerprint density at radius 3 is 2.12 bits per heavy atom. The van der Waals surface area contributed by atoms with E-state index < -0.39 is 11.9 Å². The van der Waals surface area contributed by atoms with Crippen LogP contribution in [0.2, 0.25) is 0 Å². The minimum atomic E-state index is -4.59. The first kappa shape index (κ1) is 37.0. The molecule has 0 saturated carbocycles. The summed E-state index contributed by atoms with van der Waals surface area (Å²) in [5, 5.41) is 12.8. The molecule has 0 fully saturated rings. The maximum absolute atomic E-state index is 13.7. The van der Waals surface area contributed by atoms with Crippen LogP contribution in [0.3, 0.4) is 0 Å². The van der Waals surface area contributed by atoms with Crippen LogP contribution in [0.15, 0.2) is 162 Å². The van der Waals surface area contributed by atoms with Crippen molar-refractivity contribution in [3.8, 4) is 45.4 Å². The molecular weight excluding hydrogens is 900 g/mol. The number of benzene rings is 5. The van der Waals surface area contributed by atoms with Gasteiger partial charge in [-0.25, -0.2) is 4.98 Å². The number of furan rings is 1. The molecule has 5 aromatic carbocycles. The number of fused-ring (bicyclic) bond motifs is 6. The van der Waals surface area contributed by atoms with E-state index in [2.05, 4.69) is 28.2 Å². The van der Waals surface area contributed by atoms with Gasteiger partial charge in [0.05, 0.1) is 22.7 Å². The first-order chi connectivity index (χ1) is 27.4. The molecule has 0 aliphatic carbocycles. The zero-order valence-electron chi connectivity index (χ0n) is 29.6. The molecule has 5 heterocycles. The Hall–Kier alpha value is -6.92. The number of pyridine rings is 3. The summed E-state index contributed by atoms with van der Waals surface area (Å²) in [6.07, 6.45) is -1.15. The van der Waals surface area contributed by atoms with Gasteiger partial charge in [-0.3, -0.25) is 4.57 Å². The molecule has 1 radical (unpaired) electrons. The zero-order valence-corrected chi connectivity index (χ0v) is 32.0. The Labute approximate surface area is 337 Å². The van der Waals surface area contributed by atoms with E-state index in [0.717, 1.165) is 33.7 Å². The number of hydrogen-bond acceptors (Lipinski definition) is 5. The van der Waals surface area contributed by atoms with Gasteiger partial charge in [0.15, 0.2) is 0 Å². The van der Waals surface area contributed by atoms with E-state index >= 15 is 0 Å². The molecule has 0 atom stereocenters. The van der Waals surface area contributed by atoms with Crippen LogP contribution in [0, 0.1) is 23.5 Å². The van der Waals surface area contributed by atoms with Crippen LogP contribution in [0.1, 0.15) is 11.3 Å². The predicted octanol–water partition coefficient (Wildman–Crippen LogP) is 12.0. The average Bonchev–Trinajstić information content (AvgIpc) is 3.79. The third kappa shape index (κ3) is 6.84. The summed E-state index contributed by atoms with van der Waals surface area (Å²) in [7, 11) is 0. The number of hydrogen-bond donors (Lipinski definition) is 0. The molecule has 277 valence electrons. The summed E-state index contributed by atoms with van der Waals surface area (Å²) in [6, 6.07) is 52.8. The fraction of sp³-hybridized carbons (Fsp3) is 0.0213. The number of nitrogens with zero attached hydrogens (tertiary/aromatic N) is 5. The van der Waals surface area contributed by atoms with E-state index in [4.69, 9.17) is 9.40 Å². The van der Waals surface area contributed by atoms with Gasteiger partial charge in [0, 0.05) is 59.9 Å². The Bertz CT molecular complexity index is 3030. The number of rotatable bonds is 4. The maximum Gasteiger partial charge on any atom is 0.433 e. The molecule has 0 unspecified atom stereocenters. The van der Waals surface area contributed by atoms with Crippen LogP contribution in [-0.2, 0) is 26.3 Å². The topological polar surface area (TPSA) is 80.5 Å². The molecule has 0 aliphatic heterocycles. The Morgan fingerprint density at radius 1 is 0.667 bits per heavy atom. The summed E-state index contributed by atoms with van der Waals surface area (Å²) < 4.78 is 49.3. The molecule has 57 heavy (non-hydrogen) atoms. The first-order valence-corrected chi connectivity index (χ1v) is 17.6. The van der Waals surface area contributed by atoms with Crippen LogP contribution in [0.25, 0.3) is 83.2 Å². The van der Waals surface area contributed by atoms with Gasteiger partial charge in [0.25, 0.3) is 0 Å². The van der Waals surface area contributed by atoms with Gasteiger partial charge in [-0.15, -0.1) is 54.1 Å². The number of halogens is 3. The minimum Gasteiger partial charge on any atom is -0.500 e. The molecule has 0 spiro atoms. The van der Waals surface area contributed by atoms with E-state index in [-0.39, 0.29) is 25.8 Å². The van der Waals surface area contributed by atoms with Crippen molar-refractivity contribution in [2.24, 2.45) is 0 Å². The molecule has 0 N–H and O–H groups in total. The SMILES string of the molecule is N#Cc1ccc2c(oc3c(-c4cc5c(cn4)c4ccc(C(F)(F)F)nc4n5-c4ccccc4)[c-]ccc32)c1-c1ccccc1.[Ir].[c-]1ccccc1-c1ccccn1. The predicted molar refractivity (Wildman–Crippen MR) is 212 cm³/mol. The summed E-state index contributed by atoms with van der Waals surface area (Å²) >= 11 is 0. The molecule has 0 bridgehead atoms. The van der Waals surface area contributed by atoms with E-state index in [1.54, 1.807) is 29.1 Å². The third-order valence-corrected chi connectivity index (χ3v) is 9.50. The van der Waals surface area contributed by atoms with Crippen LogP contribution in [0.4, 0.5) is 13.2 Å².